The Balaban J connectivity index is 1.93. The molecule has 1 atom stereocenters. The van der Waals surface area contributed by atoms with Crippen LogP contribution in [-0.2, 0) is 6.42 Å². The zero-order valence-corrected chi connectivity index (χ0v) is 12.6. The molecule has 2 rings (SSSR count). The number of benzene rings is 1. The second kappa shape index (κ2) is 9.08. The van der Waals surface area contributed by atoms with E-state index in [0.29, 0.717) is 12.0 Å². The van der Waals surface area contributed by atoms with Crippen LogP contribution >= 0.6 is 0 Å². The van der Waals surface area contributed by atoms with Crippen molar-refractivity contribution in [1.82, 2.24) is 15.3 Å². The van der Waals surface area contributed by atoms with E-state index in [1.54, 1.807) is 12.4 Å². The Labute approximate surface area is 127 Å². The predicted molar refractivity (Wildman–Crippen MR) is 87.4 cm³/mol. The highest BCUT2D eigenvalue weighted by Crippen LogP contribution is 2.09. The highest BCUT2D eigenvalue weighted by molar-refractivity contribution is 5.26. The molecule has 4 heteroatoms. The van der Waals surface area contributed by atoms with Gasteiger partial charge >= 0.3 is 0 Å². The Hall–Kier alpha value is -1.94. The third-order valence-electron chi connectivity index (χ3n) is 3.32. The number of nitrogens with zero attached hydrogens (tertiary/aromatic N) is 2. The van der Waals surface area contributed by atoms with Crippen LogP contribution in [0, 0.1) is 0 Å². The van der Waals surface area contributed by atoms with E-state index in [-0.39, 0.29) is 0 Å². The van der Waals surface area contributed by atoms with Gasteiger partial charge in [0.05, 0.1) is 0 Å². The third kappa shape index (κ3) is 5.92. The van der Waals surface area contributed by atoms with Crippen LogP contribution < -0.4 is 10.6 Å². The molecule has 1 heterocycles. The maximum absolute atomic E-state index is 4.26. The average Bonchev–Trinajstić information content (AvgIpc) is 2.53. The van der Waals surface area contributed by atoms with E-state index in [2.05, 4.69) is 57.9 Å². The Kier molecular flexibility index (Phi) is 6.68. The van der Waals surface area contributed by atoms with Crippen LogP contribution in [0.15, 0.2) is 48.8 Å². The summed E-state index contributed by atoms with van der Waals surface area (Å²) in [5.41, 5.74) is 1.33. The molecule has 0 amide bonds. The van der Waals surface area contributed by atoms with E-state index in [0.717, 1.165) is 25.9 Å². The van der Waals surface area contributed by atoms with E-state index < -0.39 is 0 Å². The van der Waals surface area contributed by atoms with Gasteiger partial charge in [0.1, 0.15) is 0 Å². The summed E-state index contributed by atoms with van der Waals surface area (Å²) in [6.07, 6.45) is 6.73. The van der Waals surface area contributed by atoms with Crippen molar-refractivity contribution in [3.8, 4) is 0 Å². The van der Waals surface area contributed by atoms with Gasteiger partial charge in [0, 0.05) is 18.4 Å². The first-order valence-corrected chi connectivity index (χ1v) is 7.66. The molecule has 21 heavy (non-hydrogen) atoms. The standard InChI is InChI=1S/C17H24N4/c1-2-10-18-13-9-16(14-15-7-4-3-5-8-15)21-17-19-11-6-12-20-17/h3-8,11-12,16,18H,2,9-10,13-14H2,1H3,(H,19,20,21). The Morgan fingerprint density at radius 2 is 1.76 bits per heavy atom. The second-order valence-electron chi connectivity index (χ2n) is 5.14. The molecule has 2 aromatic rings. The lowest BCUT2D eigenvalue weighted by Gasteiger charge is -2.19. The molecule has 0 spiro atoms. The molecule has 0 aliphatic carbocycles. The summed E-state index contributed by atoms with van der Waals surface area (Å²) in [6.45, 7) is 4.26. The molecule has 0 saturated heterocycles. The van der Waals surface area contributed by atoms with Gasteiger partial charge in [-0.2, -0.15) is 0 Å². The van der Waals surface area contributed by atoms with Crippen molar-refractivity contribution in [3.63, 3.8) is 0 Å². The van der Waals surface area contributed by atoms with Gasteiger partial charge in [-0.1, -0.05) is 37.3 Å². The molecule has 112 valence electrons. The quantitative estimate of drug-likeness (QED) is 0.695. The monoisotopic (exact) mass is 284 g/mol. The van der Waals surface area contributed by atoms with Crippen LogP contribution in [0.25, 0.3) is 0 Å². The normalized spacial score (nSPS) is 12.0. The molecule has 4 nitrogen and oxygen atoms in total. The van der Waals surface area contributed by atoms with Gasteiger partial charge in [0.25, 0.3) is 0 Å². The number of nitrogens with one attached hydrogen (secondary N) is 2. The van der Waals surface area contributed by atoms with Gasteiger partial charge in [-0.25, -0.2) is 9.97 Å². The first-order valence-electron chi connectivity index (χ1n) is 7.66. The molecular weight excluding hydrogens is 260 g/mol. The molecule has 1 unspecified atom stereocenters. The Morgan fingerprint density at radius 3 is 2.48 bits per heavy atom. The molecule has 0 saturated carbocycles. The maximum Gasteiger partial charge on any atom is 0.222 e. The summed E-state index contributed by atoms with van der Waals surface area (Å²) in [6, 6.07) is 12.7. The van der Waals surface area contributed by atoms with Crippen LogP contribution in [0.4, 0.5) is 5.95 Å². The Bertz CT molecular complexity index is 445. The lowest BCUT2D eigenvalue weighted by atomic mass is 10.0. The molecule has 0 aliphatic rings. The smallest absolute Gasteiger partial charge is 0.222 e. The molecular formula is C17H24N4. The average molecular weight is 284 g/mol. The van der Waals surface area contributed by atoms with Crippen molar-refractivity contribution in [2.24, 2.45) is 0 Å². The zero-order valence-electron chi connectivity index (χ0n) is 12.6. The van der Waals surface area contributed by atoms with E-state index in [1.807, 2.05) is 6.07 Å². The Morgan fingerprint density at radius 1 is 1.00 bits per heavy atom. The summed E-state index contributed by atoms with van der Waals surface area (Å²) in [5.74, 6) is 0.703. The molecule has 1 aromatic carbocycles. The molecule has 0 fully saturated rings. The summed E-state index contributed by atoms with van der Waals surface area (Å²) in [5, 5.41) is 6.90. The van der Waals surface area contributed by atoms with Crippen LogP contribution in [0.3, 0.4) is 0 Å². The van der Waals surface area contributed by atoms with Crippen LogP contribution in [-0.4, -0.2) is 29.1 Å². The van der Waals surface area contributed by atoms with Crippen molar-refractivity contribution in [1.29, 1.82) is 0 Å². The number of rotatable bonds is 9. The minimum atomic E-state index is 0.333. The van der Waals surface area contributed by atoms with Gasteiger partial charge in [-0.15, -0.1) is 0 Å². The first-order chi connectivity index (χ1) is 10.4. The summed E-state index contributed by atoms with van der Waals surface area (Å²) < 4.78 is 0. The van der Waals surface area contributed by atoms with Crippen LogP contribution in [0.2, 0.25) is 0 Å². The molecule has 0 aliphatic heterocycles. The van der Waals surface area contributed by atoms with Gasteiger partial charge < -0.3 is 10.6 Å². The number of hydrogen-bond donors (Lipinski definition) is 2. The van der Waals surface area contributed by atoms with Gasteiger partial charge in [0.2, 0.25) is 5.95 Å². The van der Waals surface area contributed by atoms with E-state index >= 15 is 0 Å². The minimum Gasteiger partial charge on any atom is -0.351 e. The molecule has 0 bridgehead atoms. The van der Waals surface area contributed by atoms with Gasteiger partial charge in [-0.05, 0) is 44.0 Å². The zero-order chi connectivity index (χ0) is 14.8. The molecule has 2 N–H and O–H groups in total. The minimum absolute atomic E-state index is 0.333. The lowest BCUT2D eigenvalue weighted by Crippen LogP contribution is -2.29. The van der Waals surface area contributed by atoms with Crippen LogP contribution in [0.5, 0.6) is 0 Å². The van der Waals surface area contributed by atoms with E-state index in [1.165, 1.54) is 12.0 Å². The highest BCUT2D eigenvalue weighted by Gasteiger charge is 2.10. The SMILES string of the molecule is CCCNCCC(Cc1ccccc1)Nc1ncccn1. The number of anilines is 1. The molecule has 0 radical (unpaired) electrons. The fourth-order valence-corrected chi connectivity index (χ4v) is 2.26. The number of aromatic nitrogens is 2. The lowest BCUT2D eigenvalue weighted by molar-refractivity contribution is 0.576. The predicted octanol–water partition coefficient (Wildman–Crippen LogP) is 2.89. The van der Waals surface area contributed by atoms with Crippen molar-refractivity contribution in [3.05, 3.63) is 54.4 Å². The maximum atomic E-state index is 4.26. The first kappa shape index (κ1) is 15.4. The second-order valence-corrected chi connectivity index (χ2v) is 5.14. The van der Waals surface area contributed by atoms with Gasteiger partial charge in [0.15, 0.2) is 0 Å². The third-order valence-corrected chi connectivity index (χ3v) is 3.32. The summed E-state index contributed by atoms with van der Waals surface area (Å²) in [7, 11) is 0. The fourth-order valence-electron chi connectivity index (χ4n) is 2.26. The van der Waals surface area contributed by atoms with Crippen molar-refractivity contribution in [2.75, 3.05) is 18.4 Å². The topological polar surface area (TPSA) is 49.8 Å². The molecule has 1 aromatic heterocycles. The van der Waals surface area contributed by atoms with Crippen molar-refractivity contribution in [2.45, 2.75) is 32.2 Å². The largest absolute Gasteiger partial charge is 0.351 e. The highest BCUT2D eigenvalue weighted by atomic mass is 15.1. The van der Waals surface area contributed by atoms with E-state index in [4.69, 9.17) is 0 Å². The number of hydrogen-bond acceptors (Lipinski definition) is 4. The summed E-state index contributed by atoms with van der Waals surface area (Å²) >= 11 is 0. The fraction of sp³-hybridized carbons (Fsp3) is 0.412. The van der Waals surface area contributed by atoms with Crippen molar-refractivity contribution >= 4 is 5.95 Å². The van der Waals surface area contributed by atoms with Gasteiger partial charge in [-0.3, -0.25) is 0 Å². The van der Waals surface area contributed by atoms with Crippen molar-refractivity contribution < 1.29 is 0 Å². The van der Waals surface area contributed by atoms with E-state index in [9.17, 15) is 0 Å². The van der Waals surface area contributed by atoms with Crippen LogP contribution in [0.1, 0.15) is 25.3 Å². The summed E-state index contributed by atoms with van der Waals surface area (Å²) in [4.78, 5) is 8.52.